The van der Waals surface area contributed by atoms with Crippen molar-refractivity contribution >= 4 is 21.5 Å². The second-order valence-electron chi connectivity index (χ2n) is 5.96. The number of hydrogen-bond acceptors (Lipinski definition) is 0. The van der Waals surface area contributed by atoms with Gasteiger partial charge in [-0.3, -0.25) is 0 Å². The van der Waals surface area contributed by atoms with Crippen LogP contribution in [-0.2, 0) is 6.42 Å². The third-order valence-corrected chi connectivity index (χ3v) is 4.78. The van der Waals surface area contributed by atoms with E-state index in [9.17, 15) is 0 Å². The van der Waals surface area contributed by atoms with E-state index < -0.39 is 0 Å². The lowest BCUT2D eigenvalue weighted by Gasteiger charge is -2.07. The lowest BCUT2D eigenvalue weighted by molar-refractivity contribution is 0.579. The summed E-state index contributed by atoms with van der Waals surface area (Å²) in [7, 11) is 0. The van der Waals surface area contributed by atoms with Crippen LogP contribution >= 0.6 is 15.9 Å². The second kappa shape index (κ2) is 8.67. The molecule has 1 aromatic rings. The van der Waals surface area contributed by atoms with Crippen LogP contribution in [0, 0.1) is 0 Å². The van der Waals surface area contributed by atoms with Crippen LogP contribution in [0.15, 0.2) is 28.7 Å². The Kier molecular flexibility index (Phi) is 6.86. The molecule has 0 spiro atoms. The zero-order chi connectivity index (χ0) is 14.2. The summed E-state index contributed by atoms with van der Waals surface area (Å²) in [6.07, 6.45) is 16.1. The molecular weight excluding hydrogens is 308 g/mol. The summed E-state index contributed by atoms with van der Waals surface area (Å²) in [5, 5.41) is 0. The van der Waals surface area contributed by atoms with E-state index in [-0.39, 0.29) is 0 Å². The van der Waals surface area contributed by atoms with Crippen LogP contribution in [0.5, 0.6) is 0 Å². The molecule has 0 saturated carbocycles. The minimum Gasteiger partial charge on any atom is -0.0763 e. The lowest BCUT2D eigenvalue weighted by Crippen LogP contribution is -1.86. The molecule has 110 valence electrons. The second-order valence-corrected chi connectivity index (χ2v) is 6.88. The summed E-state index contributed by atoms with van der Waals surface area (Å²) in [6.45, 7) is 2.28. The predicted molar refractivity (Wildman–Crippen MR) is 93.1 cm³/mol. The van der Waals surface area contributed by atoms with Crippen molar-refractivity contribution in [3.63, 3.8) is 0 Å². The van der Waals surface area contributed by atoms with Crippen molar-refractivity contribution in [3.8, 4) is 0 Å². The highest BCUT2D eigenvalue weighted by molar-refractivity contribution is 9.10. The molecule has 0 heterocycles. The van der Waals surface area contributed by atoms with Gasteiger partial charge in [0, 0.05) is 4.47 Å². The normalized spacial score (nSPS) is 13.4. The third kappa shape index (κ3) is 4.77. The van der Waals surface area contributed by atoms with Gasteiger partial charge in [-0.05, 0) is 48.1 Å². The van der Waals surface area contributed by atoms with Crippen LogP contribution in [-0.4, -0.2) is 0 Å². The number of unbranched alkanes of at least 4 members (excludes halogenated alkanes) is 7. The Morgan fingerprint density at radius 1 is 0.950 bits per heavy atom. The van der Waals surface area contributed by atoms with Crippen molar-refractivity contribution in [2.24, 2.45) is 0 Å². The van der Waals surface area contributed by atoms with E-state index >= 15 is 0 Å². The molecule has 0 fully saturated rings. The Morgan fingerprint density at radius 2 is 1.65 bits per heavy atom. The highest BCUT2D eigenvalue weighted by Crippen LogP contribution is 2.33. The van der Waals surface area contributed by atoms with E-state index in [1.54, 1.807) is 5.57 Å². The van der Waals surface area contributed by atoms with Crippen LogP contribution in [0.3, 0.4) is 0 Å². The Morgan fingerprint density at radius 3 is 2.40 bits per heavy atom. The summed E-state index contributed by atoms with van der Waals surface area (Å²) in [6, 6.07) is 6.71. The molecule has 0 N–H and O–H groups in total. The number of hydrogen-bond donors (Lipinski definition) is 0. The topological polar surface area (TPSA) is 0 Å². The molecule has 0 unspecified atom stereocenters. The highest BCUT2D eigenvalue weighted by Gasteiger charge is 2.13. The number of fused-ring (bicyclic) bond motifs is 1. The molecule has 0 bridgehead atoms. The van der Waals surface area contributed by atoms with Crippen molar-refractivity contribution in [2.45, 2.75) is 71.1 Å². The molecule has 1 aliphatic rings. The molecule has 0 atom stereocenters. The van der Waals surface area contributed by atoms with Crippen LogP contribution in [0.1, 0.15) is 75.8 Å². The van der Waals surface area contributed by atoms with Crippen LogP contribution < -0.4 is 0 Å². The maximum atomic E-state index is 3.59. The summed E-state index contributed by atoms with van der Waals surface area (Å²) in [4.78, 5) is 0. The molecule has 1 aliphatic carbocycles. The van der Waals surface area contributed by atoms with Gasteiger partial charge in [-0.15, -0.1) is 0 Å². The first-order valence-electron chi connectivity index (χ1n) is 8.29. The fraction of sp³-hybridized carbons (Fsp3) is 0.579. The van der Waals surface area contributed by atoms with E-state index in [1.807, 2.05) is 0 Å². The molecule has 0 aromatic heterocycles. The standard InChI is InChI=1S/C19H27Br/c1-2-3-4-5-6-7-8-9-10-16-11-12-17-13-14-18(20)15-19(16)17/h11,13-15H,2-10,12H2,1H3. The van der Waals surface area contributed by atoms with Crippen LogP contribution in [0.2, 0.25) is 0 Å². The highest BCUT2D eigenvalue weighted by atomic mass is 79.9. The first kappa shape index (κ1) is 15.8. The molecule has 0 amide bonds. The van der Waals surface area contributed by atoms with Crippen LogP contribution in [0.4, 0.5) is 0 Å². The Hall–Kier alpha value is -0.560. The molecule has 0 radical (unpaired) electrons. The SMILES string of the molecule is CCCCCCCCCCC1=CCc2ccc(Br)cc21. The molecule has 2 rings (SSSR count). The number of benzene rings is 1. The van der Waals surface area contributed by atoms with E-state index in [1.165, 1.54) is 73.4 Å². The van der Waals surface area contributed by atoms with E-state index in [2.05, 4.69) is 47.1 Å². The van der Waals surface area contributed by atoms with E-state index in [0.717, 1.165) is 6.42 Å². The van der Waals surface area contributed by atoms with Crippen molar-refractivity contribution < 1.29 is 0 Å². The van der Waals surface area contributed by atoms with Gasteiger partial charge in [0.1, 0.15) is 0 Å². The van der Waals surface area contributed by atoms with Gasteiger partial charge in [-0.25, -0.2) is 0 Å². The summed E-state index contributed by atoms with van der Waals surface area (Å²) in [5.74, 6) is 0. The summed E-state index contributed by atoms with van der Waals surface area (Å²) >= 11 is 3.59. The van der Waals surface area contributed by atoms with Gasteiger partial charge in [0.2, 0.25) is 0 Å². The Bertz CT molecular complexity index is 445. The predicted octanol–water partition coefficient (Wildman–Crippen LogP) is 6.92. The number of halogens is 1. The average molecular weight is 335 g/mol. The molecule has 1 aromatic carbocycles. The largest absolute Gasteiger partial charge is 0.0763 e. The molecule has 0 nitrogen and oxygen atoms in total. The van der Waals surface area contributed by atoms with Crippen molar-refractivity contribution in [3.05, 3.63) is 39.9 Å². The van der Waals surface area contributed by atoms with Gasteiger partial charge in [-0.2, -0.15) is 0 Å². The summed E-state index contributed by atoms with van der Waals surface area (Å²) in [5.41, 5.74) is 4.57. The number of rotatable bonds is 9. The van der Waals surface area contributed by atoms with Gasteiger partial charge in [-0.1, -0.05) is 79.9 Å². The molecule has 0 aliphatic heterocycles. The fourth-order valence-corrected chi connectivity index (χ4v) is 3.42. The maximum absolute atomic E-state index is 3.59. The van der Waals surface area contributed by atoms with Crippen molar-refractivity contribution in [2.75, 3.05) is 0 Å². The lowest BCUT2D eigenvalue weighted by atomic mass is 10.00. The van der Waals surface area contributed by atoms with Gasteiger partial charge < -0.3 is 0 Å². The monoisotopic (exact) mass is 334 g/mol. The zero-order valence-electron chi connectivity index (χ0n) is 12.8. The van der Waals surface area contributed by atoms with Gasteiger partial charge in [0.15, 0.2) is 0 Å². The molecule has 0 saturated heterocycles. The third-order valence-electron chi connectivity index (χ3n) is 4.29. The number of allylic oxidation sites excluding steroid dienone is 2. The van der Waals surface area contributed by atoms with Crippen molar-refractivity contribution in [1.82, 2.24) is 0 Å². The first-order valence-corrected chi connectivity index (χ1v) is 9.08. The fourth-order valence-electron chi connectivity index (χ4n) is 3.05. The quantitative estimate of drug-likeness (QED) is 0.430. The molecular formula is C19H27Br. The smallest absolute Gasteiger partial charge is 0.0181 e. The summed E-state index contributed by atoms with van der Waals surface area (Å²) < 4.78 is 1.21. The minimum atomic E-state index is 1.13. The molecule has 20 heavy (non-hydrogen) atoms. The molecule has 1 heteroatoms. The van der Waals surface area contributed by atoms with E-state index in [4.69, 9.17) is 0 Å². The maximum Gasteiger partial charge on any atom is 0.0181 e. The van der Waals surface area contributed by atoms with Crippen molar-refractivity contribution in [1.29, 1.82) is 0 Å². The first-order chi connectivity index (χ1) is 9.81. The van der Waals surface area contributed by atoms with Gasteiger partial charge in [0.25, 0.3) is 0 Å². The minimum absolute atomic E-state index is 1.13. The van der Waals surface area contributed by atoms with E-state index in [0.29, 0.717) is 0 Å². The van der Waals surface area contributed by atoms with Gasteiger partial charge >= 0.3 is 0 Å². The van der Waals surface area contributed by atoms with Gasteiger partial charge in [0.05, 0.1) is 0 Å². The average Bonchev–Trinajstić information content (AvgIpc) is 2.84. The Balaban J connectivity index is 1.63. The van der Waals surface area contributed by atoms with Crippen LogP contribution in [0.25, 0.3) is 5.57 Å². The zero-order valence-corrected chi connectivity index (χ0v) is 14.3. The Labute approximate surface area is 132 Å².